The monoisotopic (exact) mass is 255 g/mol. The standard InChI is InChI=1S/C16H33NO/c1-5-11-17-13-15(14-8-6-7-9-14)10-12-18-16(2,3)4/h14-15,17H,5-13H2,1-4H3. The summed E-state index contributed by atoms with van der Waals surface area (Å²) in [6.07, 6.45) is 8.21. The number of rotatable bonds is 8. The molecule has 0 bridgehead atoms. The van der Waals surface area contributed by atoms with Crippen molar-refractivity contribution >= 4 is 0 Å². The predicted molar refractivity (Wildman–Crippen MR) is 78.9 cm³/mol. The smallest absolute Gasteiger partial charge is 0.0598 e. The zero-order chi connectivity index (χ0) is 13.4. The molecule has 0 aliphatic heterocycles. The van der Waals surface area contributed by atoms with E-state index in [2.05, 4.69) is 33.0 Å². The van der Waals surface area contributed by atoms with E-state index in [1.807, 2.05) is 0 Å². The highest BCUT2D eigenvalue weighted by atomic mass is 16.5. The van der Waals surface area contributed by atoms with Crippen LogP contribution in [0.3, 0.4) is 0 Å². The molecule has 1 saturated carbocycles. The lowest BCUT2D eigenvalue weighted by Gasteiger charge is -2.26. The van der Waals surface area contributed by atoms with Gasteiger partial charge in [0.05, 0.1) is 5.60 Å². The van der Waals surface area contributed by atoms with Gasteiger partial charge in [0, 0.05) is 6.61 Å². The average molecular weight is 255 g/mol. The molecule has 0 aromatic heterocycles. The highest BCUT2D eigenvalue weighted by Gasteiger charge is 2.25. The first-order valence-electron chi connectivity index (χ1n) is 7.87. The molecule has 2 nitrogen and oxygen atoms in total. The van der Waals surface area contributed by atoms with Crippen molar-refractivity contribution in [2.24, 2.45) is 11.8 Å². The maximum absolute atomic E-state index is 5.90. The van der Waals surface area contributed by atoms with Gasteiger partial charge in [-0.05, 0) is 58.5 Å². The van der Waals surface area contributed by atoms with Gasteiger partial charge in [-0.2, -0.15) is 0 Å². The fourth-order valence-electron chi connectivity index (χ4n) is 2.91. The molecule has 0 heterocycles. The lowest BCUT2D eigenvalue weighted by atomic mass is 9.88. The highest BCUT2D eigenvalue weighted by Crippen LogP contribution is 2.33. The van der Waals surface area contributed by atoms with Gasteiger partial charge in [-0.15, -0.1) is 0 Å². The Morgan fingerprint density at radius 3 is 2.44 bits per heavy atom. The van der Waals surface area contributed by atoms with Crippen LogP contribution in [0, 0.1) is 11.8 Å². The molecule has 1 fully saturated rings. The third-order valence-electron chi connectivity index (χ3n) is 3.92. The molecule has 0 amide bonds. The summed E-state index contributed by atoms with van der Waals surface area (Å²) < 4.78 is 5.90. The van der Waals surface area contributed by atoms with Gasteiger partial charge in [-0.25, -0.2) is 0 Å². The molecule has 0 aromatic carbocycles. The van der Waals surface area contributed by atoms with Crippen LogP contribution in [0.4, 0.5) is 0 Å². The van der Waals surface area contributed by atoms with Crippen LogP contribution < -0.4 is 5.32 Å². The summed E-state index contributed by atoms with van der Waals surface area (Å²) >= 11 is 0. The summed E-state index contributed by atoms with van der Waals surface area (Å²) in [7, 11) is 0. The van der Waals surface area contributed by atoms with Crippen molar-refractivity contribution < 1.29 is 4.74 Å². The summed E-state index contributed by atoms with van der Waals surface area (Å²) in [5.41, 5.74) is 0.0110. The molecule has 1 aliphatic carbocycles. The molecule has 1 unspecified atom stereocenters. The van der Waals surface area contributed by atoms with Crippen molar-refractivity contribution in [3.8, 4) is 0 Å². The summed E-state index contributed by atoms with van der Waals surface area (Å²) in [6, 6.07) is 0. The molecule has 108 valence electrons. The van der Waals surface area contributed by atoms with E-state index in [9.17, 15) is 0 Å². The van der Waals surface area contributed by atoms with Gasteiger partial charge >= 0.3 is 0 Å². The Morgan fingerprint density at radius 2 is 1.89 bits per heavy atom. The molecule has 0 saturated heterocycles. The molecule has 0 aromatic rings. The van der Waals surface area contributed by atoms with Crippen molar-refractivity contribution in [1.29, 1.82) is 0 Å². The Bertz CT molecular complexity index is 204. The van der Waals surface area contributed by atoms with Crippen LogP contribution in [0.5, 0.6) is 0 Å². The Kier molecular flexibility index (Phi) is 7.25. The van der Waals surface area contributed by atoms with Crippen molar-refractivity contribution in [3.63, 3.8) is 0 Å². The third-order valence-corrected chi connectivity index (χ3v) is 3.92. The maximum Gasteiger partial charge on any atom is 0.0598 e. The Hall–Kier alpha value is -0.0800. The van der Waals surface area contributed by atoms with Crippen LogP contribution in [-0.4, -0.2) is 25.3 Å². The minimum atomic E-state index is 0.0110. The molecule has 1 N–H and O–H groups in total. The zero-order valence-corrected chi connectivity index (χ0v) is 12.9. The van der Waals surface area contributed by atoms with Crippen molar-refractivity contribution in [2.75, 3.05) is 19.7 Å². The quantitative estimate of drug-likeness (QED) is 0.662. The number of nitrogens with one attached hydrogen (secondary N) is 1. The van der Waals surface area contributed by atoms with E-state index in [0.717, 1.165) is 25.0 Å². The number of ether oxygens (including phenoxy) is 1. The first-order valence-corrected chi connectivity index (χ1v) is 7.87. The lowest BCUT2D eigenvalue weighted by molar-refractivity contribution is -0.0121. The number of hydrogen-bond acceptors (Lipinski definition) is 2. The maximum atomic E-state index is 5.90. The zero-order valence-electron chi connectivity index (χ0n) is 12.9. The second kappa shape index (κ2) is 8.16. The molecule has 2 heteroatoms. The Balaban J connectivity index is 2.29. The first kappa shape index (κ1) is 16.0. The Morgan fingerprint density at radius 1 is 1.22 bits per heavy atom. The van der Waals surface area contributed by atoms with Crippen LogP contribution in [-0.2, 0) is 4.74 Å². The van der Waals surface area contributed by atoms with Gasteiger partial charge < -0.3 is 10.1 Å². The minimum Gasteiger partial charge on any atom is -0.376 e. The van der Waals surface area contributed by atoms with Crippen LogP contribution in [0.25, 0.3) is 0 Å². The molecule has 0 spiro atoms. The topological polar surface area (TPSA) is 21.3 Å². The third kappa shape index (κ3) is 6.75. The van der Waals surface area contributed by atoms with Crippen LogP contribution >= 0.6 is 0 Å². The van der Waals surface area contributed by atoms with Crippen LogP contribution in [0.15, 0.2) is 0 Å². The van der Waals surface area contributed by atoms with E-state index in [-0.39, 0.29) is 5.60 Å². The van der Waals surface area contributed by atoms with E-state index in [1.54, 1.807) is 0 Å². The van der Waals surface area contributed by atoms with Gasteiger partial charge in [0.15, 0.2) is 0 Å². The van der Waals surface area contributed by atoms with Crippen molar-refractivity contribution in [1.82, 2.24) is 5.32 Å². The Labute approximate surface area is 114 Å². The van der Waals surface area contributed by atoms with E-state index in [4.69, 9.17) is 4.74 Å². The normalized spacial score (nSPS) is 19.3. The molecular formula is C16H33NO. The van der Waals surface area contributed by atoms with Gasteiger partial charge in [0.2, 0.25) is 0 Å². The highest BCUT2D eigenvalue weighted by molar-refractivity contribution is 4.77. The van der Waals surface area contributed by atoms with Gasteiger partial charge in [-0.1, -0.05) is 32.6 Å². The van der Waals surface area contributed by atoms with Crippen molar-refractivity contribution in [2.45, 2.75) is 71.8 Å². The van der Waals surface area contributed by atoms with Gasteiger partial charge in [-0.3, -0.25) is 0 Å². The van der Waals surface area contributed by atoms with E-state index in [1.165, 1.54) is 45.1 Å². The van der Waals surface area contributed by atoms with E-state index in [0.29, 0.717) is 0 Å². The second-order valence-electron chi connectivity index (χ2n) is 6.76. The minimum absolute atomic E-state index is 0.0110. The molecule has 1 atom stereocenters. The molecule has 1 rings (SSSR count). The number of hydrogen-bond donors (Lipinski definition) is 1. The largest absolute Gasteiger partial charge is 0.376 e. The summed E-state index contributed by atoms with van der Waals surface area (Å²) in [5, 5.41) is 3.60. The molecule has 18 heavy (non-hydrogen) atoms. The first-order chi connectivity index (χ1) is 8.53. The van der Waals surface area contributed by atoms with Crippen molar-refractivity contribution in [3.05, 3.63) is 0 Å². The van der Waals surface area contributed by atoms with Gasteiger partial charge in [0.25, 0.3) is 0 Å². The predicted octanol–water partition coefficient (Wildman–Crippen LogP) is 4.00. The second-order valence-corrected chi connectivity index (χ2v) is 6.76. The summed E-state index contributed by atoms with van der Waals surface area (Å²) in [6.45, 7) is 11.9. The van der Waals surface area contributed by atoms with E-state index >= 15 is 0 Å². The van der Waals surface area contributed by atoms with Crippen LogP contribution in [0.2, 0.25) is 0 Å². The summed E-state index contributed by atoms with van der Waals surface area (Å²) in [5.74, 6) is 1.76. The summed E-state index contributed by atoms with van der Waals surface area (Å²) in [4.78, 5) is 0. The average Bonchev–Trinajstić information content (AvgIpc) is 2.79. The fourth-order valence-corrected chi connectivity index (χ4v) is 2.91. The lowest BCUT2D eigenvalue weighted by Crippen LogP contribution is -2.30. The molecule has 1 aliphatic rings. The van der Waals surface area contributed by atoms with E-state index < -0.39 is 0 Å². The molecule has 0 radical (unpaired) electrons. The fraction of sp³-hybridized carbons (Fsp3) is 1.00. The SMILES string of the molecule is CCCNCC(CCOC(C)(C)C)C1CCCC1. The van der Waals surface area contributed by atoms with Crippen LogP contribution in [0.1, 0.15) is 66.2 Å². The van der Waals surface area contributed by atoms with Gasteiger partial charge in [0.1, 0.15) is 0 Å². The molecular weight excluding hydrogens is 222 g/mol.